The average Bonchev–Trinajstić information content (AvgIpc) is 2.38. The highest BCUT2D eigenvalue weighted by molar-refractivity contribution is 7.89. The van der Waals surface area contributed by atoms with E-state index in [1.54, 1.807) is 26.0 Å². The van der Waals surface area contributed by atoms with Crippen molar-refractivity contribution in [2.24, 2.45) is 11.8 Å². The van der Waals surface area contributed by atoms with Gasteiger partial charge in [-0.15, -0.1) is 0 Å². The maximum absolute atomic E-state index is 12.4. The Kier molecular flexibility index (Phi) is 5.98. The molecule has 0 unspecified atom stereocenters. The lowest BCUT2D eigenvalue weighted by Gasteiger charge is -2.17. The lowest BCUT2D eigenvalue weighted by atomic mass is 10.0. The maximum atomic E-state index is 12.4. The highest BCUT2D eigenvalue weighted by Gasteiger charge is 2.20. The molecule has 20 heavy (non-hydrogen) atoms. The van der Waals surface area contributed by atoms with Crippen molar-refractivity contribution in [1.82, 2.24) is 4.72 Å². The monoisotopic (exact) mass is 299 g/mol. The first-order valence-corrected chi connectivity index (χ1v) is 8.41. The van der Waals surface area contributed by atoms with Gasteiger partial charge in [0, 0.05) is 12.2 Å². The Balaban J connectivity index is 3.04. The fraction of sp³-hybridized carbons (Fsp3) is 0.571. The molecule has 0 amide bonds. The van der Waals surface area contributed by atoms with Crippen LogP contribution < -0.4 is 16.0 Å². The normalized spacial score (nSPS) is 11.9. The van der Waals surface area contributed by atoms with Crippen molar-refractivity contribution >= 4 is 15.7 Å². The van der Waals surface area contributed by atoms with Gasteiger partial charge < -0.3 is 5.43 Å². The number of nitrogen functional groups attached to an aromatic ring is 1. The first-order valence-electron chi connectivity index (χ1n) is 6.93. The van der Waals surface area contributed by atoms with Crippen LogP contribution in [0.25, 0.3) is 0 Å². The van der Waals surface area contributed by atoms with Gasteiger partial charge in [0.2, 0.25) is 10.0 Å². The molecule has 0 saturated carbocycles. The molecule has 1 rings (SSSR count). The summed E-state index contributed by atoms with van der Waals surface area (Å²) in [5.41, 5.74) is 4.63. The lowest BCUT2D eigenvalue weighted by molar-refractivity contribution is 0.478. The SMILES string of the molecule is CCC(CC)CNS(=O)(=O)c1c(C)cc(NN)cc1C. The van der Waals surface area contributed by atoms with Gasteiger partial charge in [0.25, 0.3) is 0 Å². The fourth-order valence-electron chi connectivity index (χ4n) is 2.33. The lowest BCUT2D eigenvalue weighted by Crippen LogP contribution is -2.30. The van der Waals surface area contributed by atoms with Gasteiger partial charge in [-0.3, -0.25) is 5.84 Å². The summed E-state index contributed by atoms with van der Waals surface area (Å²) in [7, 11) is -3.48. The molecule has 0 aliphatic carbocycles. The van der Waals surface area contributed by atoms with E-state index in [0.29, 0.717) is 34.2 Å². The molecular weight excluding hydrogens is 274 g/mol. The van der Waals surface area contributed by atoms with Gasteiger partial charge in [0.05, 0.1) is 4.90 Å². The smallest absolute Gasteiger partial charge is 0.241 e. The predicted molar refractivity (Wildman–Crippen MR) is 83.0 cm³/mol. The van der Waals surface area contributed by atoms with E-state index in [4.69, 9.17) is 5.84 Å². The summed E-state index contributed by atoms with van der Waals surface area (Å²) in [4.78, 5) is 0.349. The number of rotatable bonds is 7. The largest absolute Gasteiger partial charge is 0.324 e. The van der Waals surface area contributed by atoms with Crippen molar-refractivity contribution in [3.05, 3.63) is 23.3 Å². The van der Waals surface area contributed by atoms with Crippen LogP contribution in [0.4, 0.5) is 5.69 Å². The molecule has 0 aliphatic heterocycles. The van der Waals surface area contributed by atoms with Gasteiger partial charge >= 0.3 is 0 Å². The van der Waals surface area contributed by atoms with Crippen molar-refractivity contribution in [3.8, 4) is 0 Å². The second-order valence-corrected chi connectivity index (χ2v) is 6.82. The quantitative estimate of drug-likeness (QED) is 0.533. The minimum Gasteiger partial charge on any atom is -0.324 e. The third kappa shape index (κ3) is 3.94. The number of hydrogen-bond donors (Lipinski definition) is 3. The topological polar surface area (TPSA) is 84.2 Å². The molecule has 0 radical (unpaired) electrons. The zero-order valence-electron chi connectivity index (χ0n) is 12.7. The molecule has 6 heteroatoms. The zero-order chi connectivity index (χ0) is 15.3. The Bertz CT molecular complexity index is 529. The van der Waals surface area contributed by atoms with Crippen LogP contribution in [0.3, 0.4) is 0 Å². The van der Waals surface area contributed by atoms with E-state index in [1.807, 2.05) is 0 Å². The van der Waals surface area contributed by atoms with E-state index >= 15 is 0 Å². The van der Waals surface area contributed by atoms with E-state index in [2.05, 4.69) is 24.0 Å². The predicted octanol–water partition coefficient (Wildman–Crippen LogP) is 2.30. The van der Waals surface area contributed by atoms with Crippen molar-refractivity contribution in [2.75, 3.05) is 12.0 Å². The number of sulfonamides is 1. The van der Waals surface area contributed by atoms with Gasteiger partial charge in [-0.2, -0.15) is 0 Å². The zero-order valence-corrected chi connectivity index (χ0v) is 13.5. The minimum atomic E-state index is -3.48. The van der Waals surface area contributed by atoms with Crippen LogP contribution in [0.2, 0.25) is 0 Å². The number of hydrogen-bond acceptors (Lipinski definition) is 4. The Morgan fingerprint density at radius 1 is 1.15 bits per heavy atom. The third-order valence-electron chi connectivity index (χ3n) is 3.61. The van der Waals surface area contributed by atoms with Gasteiger partial charge in [-0.1, -0.05) is 26.7 Å². The molecule has 1 aromatic carbocycles. The summed E-state index contributed by atoms with van der Waals surface area (Å²) >= 11 is 0. The van der Waals surface area contributed by atoms with Crippen molar-refractivity contribution in [2.45, 2.75) is 45.4 Å². The first-order chi connectivity index (χ1) is 9.35. The van der Waals surface area contributed by atoms with E-state index in [-0.39, 0.29) is 0 Å². The molecule has 0 fully saturated rings. The Labute approximate surface area is 122 Å². The number of hydrazine groups is 1. The second kappa shape index (κ2) is 7.06. The van der Waals surface area contributed by atoms with Gasteiger partial charge in [0.15, 0.2) is 0 Å². The van der Waals surface area contributed by atoms with E-state index in [9.17, 15) is 8.42 Å². The summed E-state index contributed by atoms with van der Waals surface area (Å²) in [6.45, 7) is 8.17. The number of nitrogens with two attached hydrogens (primary N) is 1. The number of aryl methyl sites for hydroxylation is 2. The Hall–Kier alpha value is -1.11. The molecule has 1 aromatic rings. The molecule has 0 aliphatic rings. The third-order valence-corrected chi connectivity index (χ3v) is 5.34. The maximum Gasteiger partial charge on any atom is 0.241 e. The Morgan fingerprint density at radius 3 is 2.05 bits per heavy atom. The molecule has 0 atom stereocenters. The molecule has 0 aromatic heterocycles. The van der Waals surface area contributed by atoms with Gasteiger partial charge in [0.1, 0.15) is 0 Å². The number of nitrogens with one attached hydrogen (secondary N) is 2. The second-order valence-electron chi connectivity index (χ2n) is 5.12. The van der Waals surface area contributed by atoms with Crippen LogP contribution in [-0.4, -0.2) is 15.0 Å². The van der Waals surface area contributed by atoms with Crippen molar-refractivity contribution in [1.29, 1.82) is 0 Å². The molecule has 0 saturated heterocycles. The van der Waals surface area contributed by atoms with E-state index < -0.39 is 10.0 Å². The highest BCUT2D eigenvalue weighted by Crippen LogP contribution is 2.24. The summed E-state index contributed by atoms with van der Waals surface area (Å²) in [5.74, 6) is 5.74. The highest BCUT2D eigenvalue weighted by atomic mass is 32.2. The summed E-state index contributed by atoms with van der Waals surface area (Å²) in [6, 6.07) is 3.47. The first kappa shape index (κ1) is 16.9. The minimum absolute atomic E-state index is 0.349. The summed E-state index contributed by atoms with van der Waals surface area (Å²) < 4.78 is 27.6. The van der Waals surface area contributed by atoms with Crippen LogP contribution in [0, 0.1) is 19.8 Å². The molecule has 4 N–H and O–H groups in total. The van der Waals surface area contributed by atoms with Crippen molar-refractivity contribution < 1.29 is 8.42 Å². The summed E-state index contributed by atoms with van der Waals surface area (Å²) in [6.07, 6.45) is 1.93. The van der Waals surface area contributed by atoms with Crippen LogP contribution in [-0.2, 0) is 10.0 Å². The fourth-order valence-corrected chi connectivity index (χ4v) is 3.90. The van der Waals surface area contributed by atoms with Crippen LogP contribution in [0.5, 0.6) is 0 Å². The molecule has 5 nitrogen and oxygen atoms in total. The average molecular weight is 299 g/mol. The van der Waals surface area contributed by atoms with E-state index in [0.717, 1.165) is 12.8 Å². The molecule has 0 bridgehead atoms. The van der Waals surface area contributed by atoms with Gasteiger partial charge in [-0.05, 0) is 43.0 Å². The van der Waals surface area contributed by atoms with Crippen LogP contribution in [0.1, 0.15) is 37.8 Å². The molecule has 0 heterocycles. The molecule has 114 valence electrons. The van der Waals surface area contributed by atoms with Crippen LogP contribution >= 0.6 is 0 Å². The molecule has 0 spiro atoms. The number of anilines is 1. The number of benzene rings is 1. The standard InChI is InChI=1S/C14H25N3O2S/c1-5-12(6-2)9-16-20(18,19)14-10(3)7-13(17-15)8-11(14)4/h7-8,12,16-17H,5-6,9,15H2,1-4H3. The Morgan fingerprint density at radius 2 is 1.65 bits per heavy atom. The van der Waals surface area contributed by atoms with Gasteiger partial charge in [-0.25, -0.2) is 13.1 Å². The summed E-state index contributed by atoms with van der Waals surface area (Å²) in [5, 5.41) is 0. The van der Waals surface area contributed by atoms with Crippen LogP contribution in [0.15, 0.2) is 17.0 Å². The van der Waals surface area contributed by atoms with E-state index in [1.165, 1.54) is 0 Å². The molecular formula is C14H25N3O2S. The van der Waals surface area contributed by atoms with Crippen molar-refractivity contribution in [3.63, 3.8) is 0 Å².